The van der Waals surface area contributed by atoms with Gasteiger partial charge in [-0.25, -0.2) is 0 Å². The lowest BCUT2D eigenvalue weighted by atomic mass is 9.93. The van der Waals surface area contributed by atoms with E-state index in [9.17, 15) is 4.79 Å². The average molecular weight is 286 g/mol. The molecular weight excluding hydrogens is 264 g/mol. The molecule has 1 aliphatic heterocycles. The van der Waals surface area contributed by atoms with Crippen molar-refractivity contribution in [3.63, 3.8) is 0 Å². The minimum absolute atomic E-state index is 0.0791. The zero-order valence-electron chi connectivity index (χ0n) is 12.6. The van der Waals surface area contributed by atoms with E-state index in [-0.39, 0.29) is 11.9 Å². The summed E-state index contributed by atoms with van der Waals surface area (Å²) in [6, 6.07) is 9.77. The molecule has 2 unspecified atom stereocenters. The lowest BCUT2D eigenvalue weighted by Gasteiger charge is -2.28. The lowest BCUT2D eigenvalue weighted by Crippen LogP contribution is -2.53. The number of carbonyl (C=O) groups excluding carboxylic acids is 1. The van der Waals surface area contributed by atoms with E-state index in [4.69, 9.17) is 4.42 Å². The Morgan fingerprint density at radius 3 is 2.95 bits per heavy atom. The van der Waals surface area contributed by atoms with Gasteiger partial charge in [-0.15, -0.1) is 0 Å². The number of para-hydroxylation sites is 1. The van der Waals surface area contributed by atoms with Crippen molar-refractivity contribution >= 4 is 16.9 Å². The Morgan fingerprint density at radius 1 is 1.48 bits per heavy atom. The number of rotatable bonds is 4. The first-order valence-corrected chi connectivity index (χ1v) is 7.69. The Hall–Kier alpha value is -1.81. The van der Waals surface area contributed by atoms with E-state index in [1.807, 2.05) is 37.3 Å². The molecule has 0 bridgehead atoms. The van der Waals surface area contributed by atoms with Gasteiger partial charge in [-0.05, 0) is 44.9 Å². The summed E-state index contributed by atoms with van der Waals surface area (Å²) in [6.07, 6.45) is 2.77. The summed E-state index contributed by atoms with van der Waals surface area (Å²) in [6.45, 7) is 4.94. The van der Waals surface area contributed by atoms with Crippen LogP contribution in [0.15, 0.2) is 34.7 Å². The van der Waals surface area contributed by atoms with Gasteiger partial charge in [-0.3, -0.25) is 4.79 Å². The highest BCUT2D eigenvalue weighted by Crippen LogP contribution is 2.27. The van der Waals surface area contributed by atoms with E-state index in [1.54, 1.807) is 0 Å². The zero-order valence-corrected chi connectivity index (χ0v) is 12.6. The molecule has 2 atom stereocenters. The molecule has 4 heteroatoms. The van der Waals surface area contributed by atoms with Crippen molar-refractivity contribution in [3.05, 3.63) is 36.1 Å². The van der Waals surface area contributed by atoms with Gasteiger partial charge in [0.1, 0.15) is 11.3 Å². The lowest BCUT2D eigenvalue weighted by molar-refractivity contribution is -0.128. The highest BCUT2D eigenvalue weighted by Gasteiger charge is 2.39. The first-order valence-electron chi connectivity index (χ1n) is 7.69. The largest absolute Gasteiger partial charge is 0.459 e. The molecule has 1 aromatic heterocycles. The number of benzene rings is 1. The molecule has 0 spiro atoms. The highest BCUT2D eigenvalue weighted by molar-refractivity contribution is 5.87. The number of hydrogen-bond donors (Lipinski definition) is 2. The molecule has 1 saturated heterocycles. The van der Waals surface area contributed by atoms with Gasteiger partial charge in [0.2, 0.25) is 5.91 Å². The van der Waals surface area contributed by atoms with Gasteiger partial charge >= 0.3 is 0 Å². The quantitative estimate of drug-likeness (QED) is 0.908. The SMILES string of the molecule is CCC1(C(=O)NC(C)c2cc3ccccc3o2)CCCN1. The molecule has 1 aliphatic rings. The third kappa shape index (κ3) is 2.56. The fourth-order valence-electron chi connectivity index (χ4n) is 3.08. The summed E-state index contributed by atoms with van der Waals surface area (Å²) >= 11 is 0. The molecule has 2 heterocycles. The summed E-state index contributed by atoms with van der Waals surface area (Å²) in [4.78, 5) is 12.6. The summed E-state index contributed by atoms with van der Waals surface area (Å²) < 4.78 is 5.82. The Morgan fingerprint density at radius 2 is 2.29 bits per heavy atom. The van der Waals surface area contributed by atoms with Gasteiger partial charge in [0.05, 0.1) is 11.6 Å². The first kappa shape index (κ1) is 14.1. The predicted molar refractivity (Wildman–Crippen MR) is 83.0 cm³/mol. The smallest absolute Gasteiger partial charge is 0.240 e. The van der Waals surface area contributed by atoms with E-state index in [0.29, 0.717) is 0 Å². The maximum absolute atomic E-state index is 12.6. The third-order valence-electron chi connectivity index (χ3n) is 4.50. The minimum atomic E-state index is -0.403. The topological polar surface area (TPSA) is 54.3 Å². The number of furan rings is 1. The molecule has 3 rings (SSSR count). The maximum Gasteiger partial charge on any atom is 0.240 e. The Bertz CT molecular complexity index is 608. The van der Waals surface area contributed by atoms with Gasteiger partial charge in [-0.1, -0.05) is 25.1 Å². The predicted octanol–water partition coefficient (Wildman–Crippen LogP) is 3.14. The van der Waals surface area contributed by atoms with E-state index < -0.39 is 5.54 Å². The molecule has 112 valence electrons. The van der Waals surface area contributed by atoms with Crippen LogP contribution in [0.25, 0.3) is 11.0 Å². The molecule has 0 radical (unpaired) electrons. The maximum atomic E-state index is 12.6. The van der Waals surface area contributed by atoms with Crippen LogP contribution in [-0.2, 0) is 4.79 Å². The van der Waals surface area contributed by atoms with Crippen LogP contribution in [0.2, 0.25) is 0 Å². The standard InChI is InChI=1S/C17H22N2O2/c1-3-17(9-6-10-18-17)16(20)19-12(2)15-11-13-7-4-5-8-14(13)21-15/h4-5,7-8,11-12,18H,3,6,9-10H2,1-2H3,(H,19,20). The fourth-order valence-corrected chi connectivity index (χ4v) is 3.08. The normalized spacial score (nSPS) is 23.3. The van der Waals surface area contributed by atoms with Crippen LogP contribution >= 0.6 is 0 Å². The molecule has 0 saturated carbocycles. The molecule has 2 N–H and O–H groups in total. The molecule has 1 aromatic carbocycles. The molecule has 2 aromatic rings. The van der Waals surface area contributed by atoms with Crippen LogP contribution in [0.4, 0.5) is 0 Å². The molecule has 1 amide bonds. The first-order chi connectivity index (χ1) is 10.1. The van der Waals surface area contributed by atoms with Crippen molar-refractivity contribution in [3.8, 4) is 0 Å². The second-order valence-electron chi connectivity index (χ2n) is 5.85. The van der Waals surface area contributed by atoms with Gasteiger partial charge in [0.25, 0.3) is 0 Å². The molecule has 21 heavy (non-hydrogen) atoms. The van der Waals surface area contributed by atoms with Crippen molar-refractivity contribution < 1.29 is 9.21 Å². The van der Waals surface area contributed by atoms with Crippen LogP contribution in [0.1, 0.15) is 44.9 Å². The number of carbonyl (C=O) groups is 1. The van der Waals surface area contributed by atoms with Gasteiger partial charge in [0, 0.05) is 5.39 Å². The van der Waals surface area contributed by atoms with Crippen LogP contribution in [-0.4, -0.2) is 18.0 Å². The Labute approximate surface area is 124 Å². The molecule has 0 aliphatic carbocycles. The van der Waals surface area contributed by atoms with E-state index in [0.717, 1.165) is 42.5 Å². The molecule has 4 nitrogen and oxygen atoms in total. The second kappa shape index (κ2) is 5.53. The van der Waals surface area contributed by atoms with Gasteiger partial charge in [-0.2, -0.15) is 0 Å². The second-order valence-corrected chi connectivity index (χ2v) is 5.85. The van der Waals surface area contributed by atoms with E-state index >= 15 is 0 Å². The van der Waals surface area contributed by atoms with Crippen molar-refractivity contribution in [2.75, 3.05) is 6.54 Å². The number of amides is 1. The average Bonchev–Trinajstić information content (AvgIpc) is 3.14. The summed E-state index contributed by atoms with van der Waals surface area (Å²) in [5.41, 5.74) is 0.457. The summed E-state index contributed by atoms with van der Waals surface area (Å²) in [7, 11) is 0. The molecule has 1 fully saturated rings. The number of fused-ring (bicyclic) bond motifs is 1. The van der Waals surface area contributed by atoms with Crippen molar-refractivity contribution in [1.29, 1.82) is 0 Å². The van der Waals surface area contributed by atoms with Crippen molar-refractivity contribution in [1.82, 2.24) is 10.6 Å². The number of nitrogens with one attached hydrogen (secondary N) is 2. The van der Waals surface area contributed by atoms with Crippen molar-refractivity contribution in [2.45, 2.75) is 44.7 Å². The monoisotopic (exact) mass is 286 g/mol. The van der Waals surface area contributed by atoms with Crippen LogP contribution in [0, 0.1) is 0 Å². The zero-order chi connectivity index (χ0) is 14.9. The minimum Gasteiger partial charge on any atom is -0.459 e. The van der Waals surface area contributed by atoms with E-state index in [2.05, 4.69) is 17.6 Å². The summed E-state index contributed by atoms with van der Waals surface area (Å²) in [5.74, 6) is 0.879. The summed E-state index contributed by atoms with van der Waals surface area (Å²) in [5, 5.41) is 7.52. The van der Waals surface area contributed by atoms with Crippen LogP contribution < -0.4 is 10.6 Å². The van der Waals surface area contributed by atoms with E-state index in [1.165, 1.54) is 0 Å². The van der Waals surface area contributed by atoms with Crippen LogP contribution in [0.5, 0.6) is 0 Å². The highest BCUT2D eigenvalue weighted by atomic mass is 16.3. The van der Waals surface area contributed by atoms with Crippen LogP contribution in [0.3, 0.4) is 0 Å². The fraction of sp³-hybridized carbons (Fsp3) is 0.471. The van der Waals surface area contributed by atoms with Crippen molar-refractivity contribution in [2.24, 2.45) is 0 Å². The van der Waals surface area contributed by atoms with Gasteiger partial charge in [0.15, 0.2) is 0 Å². The number of hydrogen-bond acceptors (Lipinski definition) is 3. The Balaban J connectivity index is 1.76. The molecular formula is C17H22N2O2. The third-order valence-corrected chi connectivity index (χ3v) is 4.50. The van der Waals surface area contributed by atoms with Gasteiger partial charge < -0.3 is 15.1 Å². The Kier molecular flexibility index (Phi) is 3.72.